The molecule has 0 heterocycles. The second kappa shape index (κ2) is 9.86. The first kappa shape index (κ1) is 15.7. The third-order valence-corrected chi connectivity index (χ3v) is 2.11. The Labute approximate surface area is 100 Å². The zero-order chi connectivity index (χ0) is 13.1. The molecular weight excluding hydrogens is 226 g/mol. The van der Waals surface area contributed by atoms with Crippen LogP contribution in [0.15, 0.2) is 0 Å². The molecule has 7 heteroatoms. The lowest BCUT2D eigenvalue weighted by Crippen LogP contribution is -2.30. The van der Waals surface area contributed by atoms with Crippen LogP contribution < -0.4 is 16.8 Å². The average molecular weight is 247 g/mol. The Morgan fingerprint density at radius 3 is 2.59 bits per heavy atom. The summed E-state index contributed by atoms with van der Waals surface area (Å²) in [7, 11) is 0. The summed E-state index contributed by atoms with van der Waals surface area (Å²) < 4.78 is 4.80. The van der Waals surface area contributed by atoms with Gasteiger partial charge in [-0.05, 0) is 32.2 Å². The molecule has 0 aliphatic rings. The predicted molar refractivity (Wildman–Crippen MR) is 62.5 cm³/mol. The van der Waals surface area contributed by atoms with E-state index < -0.39 is 18.1 Å². The van der Waals surface area contributed by atoms with E-state index in [1.165, 1.54) is 0 Å². The molecule has 0 spiro atoms. The number of alkyl carbamates (subject to hydrolysis) is 1. The van der Waals surface area contributed by atoms with Crippen LogP contribution in [0.3, 0.4) is 0 Å². The van der Waals surface area contributed by atoms with Gasteiger partial charge < -0.3 is 26.6 Å². The van der Waals surface area contributed by atoms with Crippen LogP contribution in [0.4, 0.5) is 4.79 Å². The number of carboxylic acids is 1. The highest BCUT2D eigenvalue weighted by molar-refractivity contribution is 5.72. The predicted octanol–water partition coefficient (Wildman–Crippen LogP) is -0.356. The Balaban J connectivity index is 3.33. The van der Waals surface area contributed by atoms with Crippen LogP contribution in [0.2, 0.25) is 0 Å². The van der Waals surface area contributed by atoms with Gasteiger partial charge in [-0.2, -0.15) is 0 Å². The zero-order valence-corrected chi connectivity index (χ0v) is 9.85. The lowest BCUT2D eigenvalue weighted by molar-refractivity contribution is -0.138. The molecule has 0 aromatic rings. The molecule has 1 amide bonds. The Kier molecular flexibility index (Phi) is 9.08. The number of carboxylic acid groups (broad SMARTS) is 1. The molecule has 0 aromatic heterocycles. The molecule has 0 unspecified atom stereocenters. The Bertz CT molecular complexity index is 236. The molecule has 0 aromatic carbocycles. The minimum Gasteiger partial charge on any atom is -0.480 e. The first-order valence-corrected chi connectivity index (χ1v) is 5.67. The highest BCUT2D eigenvalue weighted by Crippen LogP contribution is 1.98. The first-order valence-electron chi connectivity index (χ1n) is 5.67. The normalized spacial score (nSPS) is 11.9. The number of nitrogens with one attached hydrogen (secondary N) is 1. The molecule has 1 atom stereocenters. The number of carbonyl (C=O) groups is 2. The SMILES string of the molecule is NCCCOC(=O)NCCCC[C@H](N)C(=O)O. The lowest BCUT2D eigenvalue weighted by Gasteiger charge is -2.07. The van der Waals surface area contributed by atoms with E-state index >= 15 is 0 Å². The quantitative estimate of drug-likeness (QED) is 0.412. The number of hydrogen-bond donors (Lipinski definition) is 4. The molecule has 0 fully saturated rings. The number of aliphatic carboxylic acids is 1. The molecule has 100 valence electrons. The van der Waals surface area contributed by atoms with Gasteiger partial charge in [0.15, 0.2) is 0 Å². The molecule has 0 rings (SSSR count). The van der Waals surface area contributed by atoms with Gasteiger partial charge in [0.05, 0.1) is 6.61 Å². The van der Waals surface area contributed by atoms with Gasteiger partial charge >= 0.3 is 12.1 Å². The van der Waals surface area contributed by atoms with Gasteiger partial charge in [-0.1, -0.05) is 0 Å². The second-order valence-electron chi connectivity index (χ2n) is 3.65. The maximum Gasteiger partial charge on any atom is 0.407 e. The lowest BCUT2D eigenvalue weighted by atomic mass is 10.1. The fourth-order valence-corrected chi connectivity index (χ4v) is 1.10. The van der Waals surface area contributed by atoms with Gasteiger partial charge in [-0.3, -0.25) is 4.79 Å². The highest BCUT2D eigenvalue weighted by Gasteiger charge is 2.10. The van der Waals surface area contributed by atoms with Crippen molar-refractivity contribution in [1.29, 1.82) is 0 Å². The second-order valence-corrected chi connectivity index (χ2v) is 3.65. The molecule has 6 N–H and O–H groups in total. The summed E-state index contributed by atoms with van der Waals surface area (Å²) in [5.74, 6) is -1.00. The molecule has 0 aliphatic carbocycles. The third kappa shape index (κ3) is 9.58. The van der Waals surface area contributed by atoms with Crippen molar-refractivity contribution in [1.82, 2.24) is 5.32 Å². The summed E-state index contributed by atoms with van der Waals surface area (Å²) in [6.07, 6.45) is 1.89. The van der Waals surface area contributed by atoms with Gasteiger partial charge in [-0.15, -0.1) is 0 Å². The number of amides is 1. The van der Waals surface area contributed by atoms with Crippen molar-refractivity contribution in [2.75, 3.05) is 19.7 Å². The van der Waals surface area contributed by atoms with E-state index in [1.54, 1.807) is 0 Å². The number of ether oxygens (including phenoxy) is 1. The summed E-state index contributed by atoms with van der Waals surface area (Å²) in [4.78, 5) is 21.4. The molecular formula is C10H21N3O4. The standard InChI is InChI=1S/C10H21N3O4/c11-5-3-7-17-10(16)13-6-2-1-4-8(12)9(14)15/h8H,1-7,11-12H2,(H,13,16)(H,14,15)/t8-/m0/s1. The number of nitrogens with two attached hydrogens (primary N) is 2. The number of unbranched alkanes of at least 4 members (excludes halogenated alkanes) is 1. The van der Waals surface area contributed by atoms with Crippen LogP contribution in [0, 0.1) is 0 Å². The monoisotopic (exact) mass is 247 g/mol. The molecule has 0 radical (unpaired) electrons. The number of rotatable bonds is 9. The summed E-state index contributed by atoms with van der Waals surface area (Å²) in [6.45, 7) is 1.25. The Morgan fingerprint density at radius 1 is 1.29 bits per heavy atom. The van der Waals surface area contributed by atoms with E-state index in [-0.39, 0.29) is 0 Å². The van der Waals surface area contributed by atoms with Crippen LogP contribution in [0.25, 0.3) is 0 Å². The maximum absolute atomic E-state index is 11.0. The molecule has 0 saturated carbocycles. The summed E-state index contributed by atoms with van der Waals surface area (Å²) >= 11 is 0. The molecule has 0 bridgehead atoms. The highest BCUT2D eigenvalue weighted by atomic mass is 16.5. The van der Waals surface area contributed by atoms with Crippen molar-refractivity contribution in [3.8, 4) is 0 Å². The van der Waals surface area contributed by atoms with E-state index in [2.05, 4.69) is 5.32 Å². The zero-order valence-electron chi connectivity index (χ0n) is 9.85. The molecule has 0 saturated heterocycles. The van der Waals surface area contributed by atoms with Crippen molar-refractivity contribution < 1.29 is 19.4 Å². The first-order chi connectivity index (χ1) is 8.07. The summed E-state index contributed by atoms with van der Waals surface area (Å²) in [5, 5.41) is 11.1. The van der Waals surface area contributed by atoms with Gasteiger partial charge in [0.1, 0.15) is 6.04 Å². The maximum atomic E-state index is 11.0. The van der Waals surface area contributed by atoms with E-state index in [1.807, 2.05) is 0 Å². The summed E-state index contributed by atoms with van der Waals surface area (Å²) in [5.41, 5.74) is 10.6. The fraction of sp³-hybridized carbons (Fsp3) is 0.800. The minimum absolute atomic E-state index is 0.312. The van der Waals surface area contributed by atoms with E-state index in [4.69, 9.17) is 21.3 Å². The van der Waals surface area contributed by atoms with Crippen molar-refractivity contribution >= 4 is 12.1 Å². The topological polar surface area (TPSA) is 128 Å². The van der Waals surface area contributed by atoms with E-state index in [0.29, 0.717) is 45.4 Å². The van der Waals surface area contributed by atoms with E-state index in [9.17, 15) is 9.59 Å². The fourth-order valence-electron chi connectivity index (χ4n) is 1.10. The van der Waals surface area contributed by atoms with Crippen LogP contribution in [0.5, 0.6) is 0 Å². The largest absolute Gasteiger partial charge is 0.480 e. The van der Waals surface area contributed by atoms with Crippen molar-refractivity contribution in [2.45, 2.75) is 31.7 Å². The van der Waals surface area contributed by atoms with Crippen LogP contribution in [-0.4, -0.2) is 42.9 Å². The number of carbonyl (C=O) groups excluding carboxylic acids is 1. The molecule has 0 aliphatic heterocycles. The van der Waals surface area contributed by atoms with E-state index in [0.717, 1.165) is 0 Å². The van der Waals surface area contributed by atoms with Crippen molar-refractivity contribution in [3.63, 3.8) is 0 Å². The van der Waals surface area contributed by atoms with Gasteiger partial charge in [0.2, 0.25) is 0 Å². The minimum atomic E-state index is -1.00. The van der Waals surface area contributed by atoms with Gasteiger partial charge in [-0.25, -0.2) is 4.79 Å². The van der Waals surface area contributed by atoms with Crippen LogP contribution in [-0.2, 0) is 9.53 Å². The number of hydrogen-bond acceptors (Lipinski definition) is 5. The van der Waals surface area contributed by atoms with Gasteiger partial charge in [0.25, 0.3) is 0 Å². The third-order valence-electron chi connectivity index (χ3n) is 2.11. The Hall–Kier alpha value is -1.34. The smallest absolute Gasteiger partial charge is 0.407 e. The molecule has 17 heavy (non-hydrogen) atoms. The van der Waals surface area contributed by atoms with Crippen LogP contribution in [0.1, 0.15) is 25.7 Å². The molecule has 7 nitrogen and oxygen atoms in total. The summed E-state index contributed by atoms with van der Waals surface area (Å²) in [6, 6.07) is -0.827. The van der Waals surface area contributed by atoms with Gasteiger partial charge in [0, 0.05) is 6.54 Å². The average Bonchev–Trinajstić information content (AvgIpc) is 2.28. The van der Waals surface area contributed by atoms with Crippen molar-refractivity contribution in [2.24, 2.45) is 11.5 Å². The van der Waals surface area contributed by atoms with Crippen molar-refractivity contribution in [3.05, 3.63) is 0 Å². The Morgan fingerprint density at radius 2 is 2.00 bits per heavy atom. The van der Waals surface area contributed by atoms with Crippen LogP contribution >= 0.6 is 0 Å².